The van der Waals surface area contributed by atoms with Crippen LogP contribution in [0, 0.1) is 0 Å². The second-order valence-electron chi connectivity index (χ2n) is 10.7. The summed E-state index contributed by atoms with van der Waals surface area (Å²) in [5.74, 6) is -0.710. The lowest BCUT2D eigenvalue weighted by atomic mass is 10.0. The van der Waals surface area contributed by atoms with Crippen LogP contribution in [0.25, 0.3) is 0 Å². The maximum atomic E-state index is 15.1. The number of nitrogens with zero attached hydrogens (tertiary/aromatic N) is 2. The van der Waals surface area contributed by atoms with Crippen molar-refractivity contribution < 1.29 is 27.1 Å². The minimum Gasteiger partial charge on any atom is -0.444 e. The number of ether oxygens (including phenoxy) is 1. The first-order valence-electron chi connectivity index (χ1n) is 12.9. The van der Waals surface area contributed by atoms with E-state index in [1.807, 2.05) is 0 Å². The molecular formula is C29H33FN4O5S. The summed E-state index contributed by atoms with van der Waals surface area (Å²) in [5.41, 5.74) is 6.70. The number of halogens is 1. The zero-order valence-corrected chi connectivity index (χ0v) is 23.4. The fraction of sp³-hybridized carbons (Fsp3) is 0.345. The normalized spacial score (nSPS) is 17.8. The number of primary amides is 1. The SMILES string of the molecule is CC(C)(C)OC(=O)N1CC[C@@H](Nc2cc(Cc3ccc(S(=O)(=O)c4ccccc4)cc3)ncc2C(N)=O)[C@@H](F)C1. The largest absolute Gasteiger partial charge is 0.444 e. The number of aromatic nitrogens is 1. The van der Waals surface area contributed by atoms with Gasteiger partial charge < -0.3 is 20.7 Å². The van der Waals surface area contributed by atoms with Gasteiger partial charge in [0.05, 0.1) is 33.6 Å². The predicted octanol–water partition coefficient (Wildman–Crippen LogP) is 4.36. The number of nitrogens with two attached hydrogens (primary N) is 1. The van der Waals surface area contributed by atoms with Gasteiger partial charge in [0.25, 0.3) is 5.91 Å². The Hall–Kier alpha value is -3.99. The first kappa shape index (κ1) is 29.0. The van der Waals surface area contributed by atoms with Crippen LogP contribution in [0.3, 0.4) is 0 Å². The van der Waals surface area contributed by atoms with Crippen molar-refractivity contribution >= 4 is 27.5 Å². The van der Waals surface area contributed by atoms with E-state index in [0.29, 0.717) is 24.2 Å². The highest BCUT2D eigenvalue weighted by molar-refractivity contribution is 7.91. The van der Waals surface area contributed by atoms with Crippen LogP contribution in [0.5, 0.6) is 0 Å². The van der Waals surface area contributed by atoms with E-state index >= 15 is 4.39 Å². The fourth-order valence-corrected chi connectivity index (χ4v) is 5.68. The Balaban J connectivity index is 1.47. The van der Waals surface area contributed by atoms with Gasteiger partial charge in [-0.15, -0.1) is 0 Å². The molecule has 2 aromatic carbocycles. The summed E-state index contributed by atoms with van der Waals surface area (Å²) in [6.07, 6.45) is 0.0124. The summed E-state index contributed by atoms with van der Waals surface area (Å²) in [4.78, 5) is 30.5. The number of nitrogens with one attached hydrogen (secondary N) is 1. The van der Waals surface area contributed by atoms with Crippen molar-refractivity contribution in [2.75, 3.05) is 18.4 Å². The number of piperidine rings is 1. The summed E-state index contributed by atoms with van der Waals surface area (Å²) in [6.45, 7) is 5.39. The van der Waals surface area contributed by atoms with Crippen LogP contribution in [-0.4, -0.2) is 61.2 Å². The van der Waals surface area contributed by atoms with E-state index in [1.54, 1.807) is 81.4 Å². The van der Waals surface area contributed by atoms with Crippen molar-refractivity contribution in [2.24, 2.45) is 5.73 Å². The number of benzene rings is 2. The zero-order valence-electron chi connectivity index (χ0n) is 22.6. The van der Waals surface area contributed by atoms with Gasteiger partial charge in [-0.05, 0) is 63.1 Å². The van der Waals surface area contributed by atoms with Crippen molar-refractivity contribution in [3.8, 4) is 0 Å². The summed E-state index contributed by atoms with van der Waals surface area (Å²) in [5, 5.41) is 3.09. The van der Waals surface area contributed by atoms with E-state index < -0.39 is 39.7 Å². The second-order valence-corrected chi connectivity index (χ2v) is 12.7. The quantitative estimate of drug-likeness (QED) is 0.433. The Morgan fingerprint density at radius 1 is 1.10 bits per heavy atom. The number of sulfone groups is 1. The molecule has 0 spiro atoms. The molecule has 40 heavy (non-hydrogen) atoms. The minimum absolute atomic E-state index is 0.120. The Labute approximate surface area is 233 Å². The highest BCUT2D eigenvalue weighted by atomic mass is 32.2. The molecule has 0 radical (unpaired) electrons. The molecule has 0 unspecified atom stereocenters. The van der Waals surface area contributed by atoms with Crippen LogP contribution < -0.4 is 11.1 Å². The molecular weight excluding hydrogens is 535 g/mol. The first-order valence-corrected chi connectivity index (χ1v) is 14.4. The molecule has 2 heterocycles. The molecule has 0 saturated carbocycles. The first-order chi connectivity index (χ1) is 18.8. The van der Waals surface area contributed by atoms with Crippen molar-refractivity contribution in [1.29, 1.82) is 0 Å². The van der Waals surface area contributed by atoms with E-state index in [9.17, 15) is 18.0 Å². The van der Waals surface area contributed by atoms with Gasteiger partial charge in [-0.3, -0.25) is 9.78 Å². The smallest absolute Gasteiger partial charge is 0.410 e. The summed E-state index contributed by atoms with van der Waals surface area (Å²) < 4.78 is 46.2. The molecule has 9 nitrogen and oxygen atoms in total. The molecule has 212 valence electrons. The van der Waals surface area contributed by atoms with E-state index in [4.69, 9.17) is 10.5 Å². The summed E-state index contributed by atoms with van der Waals surface area (Å²) in [6, 6.07) is 15.7. The van der Waals surface area contributed by atoms with E-state index in [-0.39, 0.29) is 28.4 Å². The lowest BCUT2D eigenvalue weighted by Crippen LogP contribution is -2.51. The van der Waals surface area contributed by atoms with E-state index in [2.05, 4.69) is 10.3 Å². The van der Waals surface area contributed by atoms with Gasteiger partial charge in [0.1, 0.15) is 11.8 Å². The lowest BCUT2D eigenvalue weighted by molar-refractivity contribution is 0.0125. The average molecular weight is 569 g/mol. The minimum atomic E-state index is -3.64. The molecule has 0 aliphatic carbocycles. The van der Waals surface area contributed by atoms with Crippen LogP contribution in [0.1, 0.15) is 48.8 Å². The summed E-state index contributed by atoms with van der Waals surface area (Å²) >= 11 is 0. The average Bonchev–Trinajstić information content (AvgIpc) is 2.89. The van der Waals surface area contributed by atoms with Crippen LogP contribution in [-0.2, 0) is 21.0 Å². The van der Waals surface area contributed by atoms with E-state index in [1.165, 1.54) is 11.1 Å². The molecule has 1 fully saturated rings. The number of carbonyl (C=O) groups is 2. The standard InChI is InChI=1S/C29H33FN4O5S/c1-29(2,3)39-28(36)34-14-13-25(24(30)18-34)33-26-16-20(32-17-23(26)27(31)35)15-19-9-11-22(12-10-19)40(37,38)21-7-5-4-6-8-21/h4-12,16-17,24-25H,13-15,18H2,1-3H3,(H2,31,35)(H,32,33)/t24-,25+/m0/s1. The Bertz CT molecular complexity index is 1470. The Morgan fingerprint density at radius 3 is 2.35 bits per heavy atom. The number of carbonyl (C=O) groups excluding carboxylic acids is 2. The number of amides is 2. The molecule has 3 N–H and O–H groups in total. The Morgan fingerprint density at radius 2 is 1.75 bits per heavy atom. The van der Waals surface area contributed by atoms with Crippen LogP contribution >= 0.6 is 0 Å². The maximum Gasteiger partial charge on any atom is 0.410 e. The van der Waals surface area contributed by atoms with Crippen LogP contribution in [0.15, 0.2) is 76.7 Å². The molecule has 0 bridgehead atoms. The van der Waals surface area contributed by atoms with E-state index in [0.717, 1.165) is 5.56 Å². The fourth-order valence-electron chi connectivity index (χ4n) is 4.40. The molecule has 1 aliphatic heterocycles. The van der Waals surface area contributed by atoms with Gasteiger partial charge in [-0.1, -0.05) is 30.3 Å². The number of rotatable bonds is 7. The molecule has 2 atom stereocenters. The molecule has 1 aromatic heterocycles. The van der Waals surface area contributed by atoms with Crippen molar-refractivity contribution in [2.45, 2.75) is 61.2 Å². The van der Waals surface area contributed by atoms with Crippen molar-refractivity contribution in [1.82, 2.24) is 9.88 Å². The summed E-state index contributed by atoms with van der Waals surface area (Å²) in [7, 11) is -3.64. The third-order valence-corrected chi connectivity index (χ3v) is 8.22. The predicted molar refractivity (Wildman–Crippen MR) is 149 cm³/mol. The molecule has 3 aromatic rings. The van der Waals surface area contributed by atoms with Crippen LogP contribution in [0.2, 0.25) is 0 Å². The number of anilines is 1. The topological polar surface area (TPSA) is 132 Å². The molecule has 2 amide bonds. The van der Waals surface area contributed by atoms with Crippen LogP contribution in [0.4, 0.5) is 14.9 Å². The number of pyridine rings is 1. The van der Waals surface area contributed by atoms with Crippen molar-refractivity contribution in [3.63, 3.8) is 0 Å². The van der Waals surface area contributed by atoms with Gasteiger partial charge in [0.15, 0.2) is 0 Å². The van der Waals surface area contributed by atoms with Crippen molar-refractivity contribution in [3.05, 3.63) is 83.7 Å². The highest BCUT2D eigenvalue weighted by Gasteiger charge is 2.34. The van der Waals surface area contributed by atoms with Gasteiger partial charge >= 0.3 is 6.09 Å². The van der Waals surface area contributed by atoms with Gasteiger partial charge in [0.2, 0.25) is 9.84 Å². The third-order valence-electron chi connectivity index (χ3n) is 6.43. The monoisotopic (exact) mass is 568 g/mol. The zero-order chi connectivity index (χ0) is 29.1. The number of hydrogen-bond donors (Lipinski definition) is 2. The number of hydrogen-bond acceptors (Lipinski definition) is 7. The molecule has 1 saturated heterocycles. The highest BCUT2D eigenvalue weighted by Crippen LogP contribution is 2.26. The molecule has 11 heteroatoms. The number of alkyl halides is 1. The maximum absolute atomic E-state index is 15.1. The third kappa shape index (κ3) is 6.95. The second kappa shape index (κ2) is 11.6. The number of likely N-dealkylation sites (tertiary alicyclic amines) is 1. The lowest BCUT2D eigenvalue weighted by Gasteiger charge is -2.36. The van der Waals surface area contributed by atoms with Gasteiger partial charge in [0, 0.05) is 24.9 Å². The Kier molecular flexibility index (Phi) is 8.43. The van der Waals surface area contributed by atoms with Gasteiger partial charge in [-0.2, -0.15) is 0 Å². The molecule has 4 rings (SSSR count). The van der Waals surface area contributed by atoms with Gasteiger partial charge in [-0.25, -0.2) is 17.6 Å². The molecule has 1 aliphatic rings.